The molecule has 2 aromatic rings. The van der Waals surface area contributed by atoms with E-state index in [0.29, 0.717) is 15.9 Å². The van der Waals surface area contributed by atoms with Gasteiger partial charge in [-0.1, -0.05) is 0 Å². The monoisotopic (exact) mass is 310 g/mol. The molecule has 2 rings (SSSR count). The second kappa shape index (κ2) is 4.94. The van der Waals surface area contributed by atoms with Crippen molar-refractivity contribution in [2.24, 2.45) is 7.05 Å². The van der Waals surface area contributed by atoms with Gasteiger partial charge in [-0.2, -0.15) is 0 Å². The minimum atomic E-state index is -0.400. The summed E-state index contributed by atoms with van der Waals surface area (Å²) in [7, 11) is 1.78. The van der Waals surface area contributed by atoms with Crippen LogP contribution in [0.25, 0.3) is 0 Å². The van der Waals surface area contributed by atoms with Crippen LogP contribution in [0.2, 0.25) is 0 Å². The van der Waals surface area contributed by atoms with Crippen molar-refractivity contribution < 1.29 is 9.18 Å². The first-order valence-corrected chi connectivity index (χ1v) is 6.16. The molecule has 0 aliphatic rings. The van der Waals surface area contributed by atoms with Gasteiger partial charge in [0.2, 0.25) is 0 Å². The zero-order valence-corrected chi connectivity index (χ0v) is 11.6. The molecule has 1 N–H and O–H groups in total. The fourth-order valence-corrected chi connectivity index (χ4v) is 2.12. The van der Waals surface area contributed by atoms with Crippen LogP contribution in [0.4, 0.5) is 10.1 Å². The van der Waals surface area contributed by atoms with E-state index in [-0.39, 0.29) is 5.91 Å². The van der Waals surface area contributed by atoms with E-state index in [0.717, 1.165) is 5.56 Å². The Morgan fingerprint density at radius 1 is 1.44 bits per heavy atom. The van der Waals surface area contributed by atoms with Crippen LogP contribution in [0.5, 0.6) is 0 Å². The molecule has 0 radical (unpaired) electrons. The standard InChI is InChI=1S/C13H12BrFN2O/c1-8-6-9(14)10(15)7-11(8)16-13(18)12-4-3-5-17(12)2/h3-7H,1-2H3,(H,16,18). The third-order valence-corrected chi connectivity index (χ3v) is 3.30. The summed E-state index contributed by atoms with van der Waals surface area (Å²) in [4.78, 5) is 12.0. The molecule has 1 heterocycles. The molecule has 1 aromatic heterocycles. The number of nitrogens with one attached hydrogen (secondary N) is 1. The van der Waals surface area contributed by atoms with Gasteiger partial charge >= 0.3 is 0 Å². The molecule has 5 heteroatoms. The van der Waals surface area contributed by atoms with Crippen LogP contribution < -0.4 is 5.32 Å². The van der Waals surface area contributed by atoms with Crippen molar-refractivity contribution in [3.63, 3.8) is 0 Å². The van der Waals surface area contributed by atoms with Gasteiger partial charge in [0.05, 0.1) is 4.47 Å². The number of nitrogens with zero attached hydrogens (tertiary/aromatic N) is 1. The molecule has 3 nitrogen and oxygen atoms in total. The van der Waals surface area contributed by atoms with Crippen molar-refractivity contribution in [2.75, 3.05) is 5.32 Å². The van der Waals surface area contributed by atoms with Gasteiger partial charge in [-0.15, -0.1) is 0 Å². The molecular formula is C13H12BrFN2O. The molecule has 0 unspecified atom stereocenters. The van der Waals surface area contributed by atoms with E-state index in [1.807, 2.05) is 6.92 Å². The van der Waals surface area contributed by atoms with Crippen LogP contribution in [-0.2, 0) is 7.05 Å². The lowest BCUT2D eigenvalue weighted by Gasteiger charge is -2.10. The number of rotatable bonds is 2. The van der Waals surface area contributed by atoms with Crippen molar-refractivity contribution in [1.29, 1.82) is 0 Å². The molecule has 0 spiro atoms. The Balaban J connectivity index is 2.28. The van der Waals surface area contributed by atoms with Crippen molar-refractivity contribution in [3.05, 3.63) is 52.0 Å². The third kappa shape index (κ3) is 2.46. The van der Waals surface area contributed by atoms with Gasteiger partial charge in [0.1, 0.15) is 11.5 Å². The number of aromatic nitrogens is 1. The van der Waals surface area contributed by atoms with Crippen LogP contribution in [0, 0.1) is 12.7 Å². The van der Waals surface area contributed by atoms with Crippen LogP contribution in [0.3, 0.4) is 0 Å². The van der Waals surface area contributed by atoms with Crippen LogP contribution in [-0.4, -0.2) is 10.5 Å². The molecule has 0 saturated heterocycles. The van der Waals surface area contributed by atoms with Crippen molar-refractivity contribution in [1.82, 2.24) is 4.57 Å². The first-order chi connectivity index (χ1) is 8.49. The summed E-state index contributed by atoms with van der Waals surface area (Å²) in [5.74, 6) is -0.657. The Morgan fingerprint density at radius 3 is 2.78 bits per heavy atom. The molecule has 0 saturated carbocycles. The number of carbonyl (C=O) groups is 1. The molecule has 0 atom stereocenters. The minimum Gasteiger partial charge on any atom is -0.347 e. The van der Waals surface area contributed by atoms with Gasteiger partial charge in [-0.25, -0.2) is 4.39 Å². The largest absolute Gasteiger partial charge is 0.347 e. The molecule has 18 heavy (non-hydrogen) atoms. The molecule has 1 aromatic carbocycles. The topological polar surface area (TPSA) is 34.0 Å². The van der Waals surface area contributed by atoms with Crippen LogP contribution in [0.15, 0.2) is 34.9 Å². The number of carbonyl (C=O) groups excluding carboxylic acids is 1. The van der Waals surface area contributed by atoms with Gasteiger partial charge in [0.15, 0.2) is 0 Å². The Hall–Kier alpha value is -1.62. The Labute approximate surface area is 113 Å². The molecule has 0 aliphatic carbocycles. The fraction of sp³-hybridized carbons (Fsp3) is 0.154. The Kier molecular flexibility index (Phi) is 3.52. The van der Waals surface area contributed by atoms with Crippen LogP contribution in [0.1, 0.15) is 16.1 Å². The second-order valence-corrected chi connectivity index (χ2v) is 4.89. The van der Waals surface area contributed by atoms with Gasteiger partial charge in [0, 0.05) is 18.9 Å². The van der Waals surface area contributed by atoms with Crippen molar-refractivity contribution >= 4 is 27.5 Å². The zero-order chi connectivity index (χ0) is 13.3. The SMILES string of the molecule is Cc1cc(Br)c(F)cc1NC(=O)c1cccn1C. The van der Waals surface area contributed by atoms with Gasteiger partial charge < -0.3 is 9.88 Å². The summed E-state index contributed by atoms with van der Waals surface area (Å²) in [6.07, 6.45) is 1.78. The first-order valence-electron chi connectivity index (χ1n) is 5.37. The lowest BCUT2D eigenvalue weighted by molar-refractivity contribution is 0.101. The summed E-state index contributed by atoms with van der Waals surface area (Å²) in [6, 6.07) is 6.43. The summed E-state index contributed by atoms with van der Waals surface area (Å²) < 4.78 is 15.5. The Bertz CT molecular complexity index is 607. The molecule has 0 fully saturated rings. The average molecular weight is 311 g/mol. The summed E-state index contributed by atoms with van der Waals surface area (Å²) in [5, 5.41) is 2.70. The smallest absolute Gasteiger partial charge is 0.272 e. The highest BCUT2D eigenvalue weighted by molar-refractivity contribution is 9.10. The normalized spacial score (nSPS) is 10.4. The molecular weight excluding hydrogens is 299 g/mol. The quantitative estimate of drug-likeness (QED) is 0.905. The molecule has 94 valence electrons. The van der Waals surface area contributed by atoms with E-state index in [2.05, 4.69) is 21.2 Å². The maximum absolute atomic E-state index is 13.4. The molecule has 0 aliphatic heterocycles. The number of anilines is 1. The highest BCUT2D eigenvalue weighted by atomic mass is 79.9. The predicted molar refractivity (Wildman–Crippen MR) is 72.2 cm³/mol. The van der Waals surface area contributed by atoms with E-state index < -0.39 is 5.82 Å². The number of hydrogen-bond donors (Lipinski definition) is 1. The lowest BCUT2D eigenvalue weighted by Crippen LogP contribution is -2.16. The number of hydrogen-bond acceptors (Lipinski definition) is 1. The van der Waals surface area contributed by atoms with Gasteiger partial charge in [0.25, 0.3) is 5.91 Å². The summed E-state index contributed by atoms with van der Waals surface area (Å²) in [6.45, 7) is 1.81. The van der Waals surface area contributed by atoms with Crippen molar-refractivity contribution in [3.8, 4) is 0 Å². The minimum absolute atomic E-state index is 0.257. The predicted octanol–water partition coefficient (Wildman–Crippen LogP) is 3.49. The molecule has 1 amide bonds. The average Bonchev–Trinajstić information content (AvgIpc) is 2.72. The summed E-state index contributed by atoms with van der Waals surface area (Å²) in [5.41, 5.74) is 1.80. The van der Waals surface area contributed by atoms with Crippen molar-refractivity contribution in [2.45, 2.75) is 6.92 Å². The number of halogens is 2. The summed E-state index contributed by atoms with van der Waals surface area (Å²) >= 11 is 3.10. The number of benzene rings is 1. The third-order valence-electron chi connectivity index (χ3n) is 2.69. The second-order valence-electron chi connectivity index (χ2n) is 4.04. The zero-order valence-electron chi connectivity index (χ0n) is 10.00. The van der Waals surface area contributed by atoms with Gasteiger partial charge in [-0.05, 0) is 52.7 Å². The van der Waals surface area contributed by atoms with Gasteiger partial charge in [-0.3, -0.25) is 4.79 Å². The Morgan fingerprint density at radius 2 is 2.17 bits per heavy atom. The number of amides is 1. The van der Waals surface area contributed by atoms with Crippen LogP contribution >= 0.6 is 15.9 Å². The maximum atomic E-state index is 13.4. The first kappa shape index (κ1) is 12.8. The van der Waals surface area contributed by atoms with E-state index in [1.54, 1.807) is 36.0 Å². The fourth-order valence-electron chi connectivity index (χ4n) is 1.66. The van der Waals surface area contributed by atoms with E-state index >= 15 is 0 Å². The highest BCUT2D eigenvalue weighted by Gasteiger charge is 2.12. The van der Waals surface area contributed by atoms with E-state index in [9.17, 15) is 9.18 Å². The van der Waals surface area contributed by atoms with E-state index in [1.165, 1.54) is 6.07 Å². The van der Waals surface area contributed by atoms with E-state index in [4.69, 9.17) is 0 Å². The number of aryl methyl sites for hydroxylation is 2. The molecule has 0 bridgehead atoms. The highest BCUT2D eigenvalue weighted by Crippen LogP contribution is 2.24. The lowest BCUT2D eigenvalue weighted by atomic mass is 10.2. The maximum Gasteiger partial charge on any atom is 0.272 e.